The molecule has 1 aliphatic carbocycles. The summed E-state index contributed by atoms with van der Waals surface area (Å²) in [6.45, 7) is 0.806. The fraction of sp³-hybridized carbons (Fsp3) is 0.571. The summed E-state index contributed by atoms with van der Waals surface area (Å²) in [5.41, 5.74) is 0.590. The van der Waals surface area contributed by atoms with Crippen molar-refractivity contribution >= 4 is 21.6 Å². The van der Waals surface area contributed by atoms with Crippen LogP contribution in [0.3, 0.4) is 0 Å². The monoisotopic (exact) mass is 317 g/mol. The first-order valence-electron chi connectivity index (χ1n) is 6.72. The van der Waals surface area contributed by atoms with Crippen molar-refractivity contribution in [3.63, 3.8) is 0 Å². The highest BCUT2D eigenvalue weighted by Crippen LogP contribution is 2.39. The van der Waals surface area contributed by atoms with E-state index in [2.05, 4.69) is 0 Å². The summed E-state index contributed by atoms with van der Waals surface area (Å²) in [6, 6.07) is 7.49. The molecule has 4 nitrogen and oxygen atoms in total. The molecule has 2 rings (SSSR count). The minimum absolute atomic E-state index is 0.00250. The second-order valence-electron chi connectivity index (χ2n) is 5.60. The molecule has 0 unspecified atom stereocenters. The molecule has 1 fully saturated rings. The molecule has 0 radical (unpaired) electrons. The maximum Gasteiger partial charge on any atom is 0.209 e. The van der Waals surface area contributed by atoms with Crippen molar-refractivity contribution in [1.29, 1.82) is 0 Å². The molecule has 0 bridgehead atoms. The van der Waals surface area contributed by atoms with E-state index in [1.54, 1.807) is 0 Å². The lowest BCUT2D eigenvalue weighted by Gasteiger charge is -2.27. The number of ether oxygens (including phenoxy) is 1. The molecule has 0 aromatic heterocycles. The van der Waals surface area contributed by atoms with Crippen LogP contribution in [0.15, 0.2) is 24.3 Å². The van der Waals surface area contributed by atoms with Crippen molar-refractivity contribution in [1.82, 2.24) is 0 Å². The molecule has 0 atom stereocenters. The Labute approximate surface area is 125 Å². The Morgan fingerprint density at radius 2 is 1.90 bits per heavy atom. The second kappa shape index (κ2) is 6.43. The van der Waals surface area contributed by atoms with Crippen molar-refractivity contribution in [3.8, 4) is 0 Å². The van der Waals surface area contributed by atoms with Crippen LogP contribution in [0, 0.1) is 5.41 Å². The Kier molecular flexibility index (Phi) is 5.07. The molecule has 1 saturated carbocycles. The van der Waals surface area contributed by atoms with Gasteiger partial charge in [0, 0.05) is 10.4 Å². The summed E-state index contributed by atoms with van der Waals surface area (Å²) >= 11 is 6.06. The van der Waals surface area contributed by atoms with Crippen LogP contribution in [0.5, 0.6) is 0 Å². The van der Waals surface area contributed by atoms with Crippen molar-refractivity contribution in [2.45, 2.75) is 32.3 Å². The number of benzene rings is 1. The van der Waals surface area contributed by atoms with Crippen LogP contribution in [-0.2, 0) is 21.4 Å². The fourth-order valence-corrected chi connectivity index (χ4v) is 4.29. The third-order valence-corrected chi connectivity index (χ3v) is 5.18. The number of hydrogen-bond acceptors (Lipinski definition) is 3. The highest BCUT2D eigenvalue weighted by atomic mass is 35.5. The highest BCUT2D eigenvalue weighted by molar-refractivity contribution is 7.89. The van der Waals surface area contributed by atoms with Crippen LogP contribution in [-0.4, -0.2) is 20.8 Å². The topological polar surface area (TPSA) is 69.4 Å². The zero-order valence-electron chi connectivity index (χ0n) is 11.3. The van der Waals surface area contributed by atoms with E-state index in [1.165, 1.54) is 0 Å². The molecule has 20 heavy (non-hydrogen) atoms. The van der Waals surface area contributed by atoms with Crippen molar-refractivity contribution in [3.05, 3.63) is 34.9 Å². The first-order valence-corrected chi connectivity index (χ1v) is 8.81. The number of sulfonamides is 1. The van der Waals surface area contributed by atoms with Crippen molar-refractivity contribution in [2.24, 2.45) is 10.6 Å². The Bertz CT molecular complexity index is 553. The minimum Gasteiger partial charge on any atom is -0.376 e. The van der Waals surface area contributed by atoms with Gasteiger partial charge in [-0.25, -0.2) is 13.6 Å². The van der Waals surface area contributed by atoms with E-state index < -0.39 is 10.0 Å². The van der Waals surface area contributed by atoms with Gasteiger partial charge in [-0.15, -0.1) is 0 Å². The summed E-state index contributed by atoms with van der Waals surface area (Å²) in [7, 11) is -3.48. The van der Waals surface area contributed by atoms with Gasteiger partial charge in [0.2, 0.25) is 10.0 Å². The van der Waals surface area contributed by atoms with Crippen LogP contribution >= 0.6 is 11.6 Å². The predicted octanol–water partition coefficient (Wildman–Crippen LogP) is 2.71. The van der Waals surface area contributed by atoms with Crippen LogP contribution in [0.2, 0.25) is 5.02 Å². The molecule has 0 spiro atoms. The molecule has 1 aromatic carbocycles. The lowest BCUT2D eigenvalue weighted by atomic mass is 9.90. The smallest absolute Gasteiger partial charge is 0.209 e. The Balaban J connectivity index is 1.95. The quantitative estimate of drug-likeness (QED) is 0.877. The van der Waals surface area contributed by atoms with Gasteiger partial charge in [-0.1, -0.05) is 42.6 Å². The van der Waals surface area contributed by atoms with E-state index in [4.69, 9.17) is 21.5 Å². The lowest BCUT2D eigenvalue weighted by Crippen LogP contribution is -2.35. The third-order valence-electron chi connectivity index (χ3n) is 3.80. The Hall–Kier alpha value is -0.620. The van der Waals surface area contributed by atoms with Crippen LogP contribution in [0.25, 0.3) is 0 Å². The van der Waals surface area contributed by atoms with Crippen LogP contribution in [0.4, 0.5) is 0 Å². The van der Waals surface area contributed by atoms with E-state index in [0.29, 0.717) is 18.2 Å². The first kappa shape index (κ1) is 15.8. The molecule has 112 valence electrons. The highest BCUT2D eigenvalue weighted by Gasteiger charge is 2.37. The molecule has 1 aromatic rings. The van der Waals surface area contributed by atoms with Gasteiger partial charge in [0.1, 0.15) is 0 Å². The van der Waals surface area contributed by atoms with Crippen LogP contribution in [0.1, 0.15) is 31.2 Å². The number of nitrogens with two attached hydrogens (primary N) is 1. The van der Waals surface area contributed by atoms with Gasteiger partial charge in [-0.3, -0.25) is 0 Å². The largest absolute Gasteiger partial charge is 0.376 e. The molecule has 0 amide bonds. The zero-order valence-corrected chi connectivity index (χ0v) is 12.9. The van der Waals surface area contributed by atoms with Crippen molar-refractivity contribution < 1.29 is 13.2 Å². The third kappa shape index (κ3) is 4.45. The van der Waals surface area contributed by atoms with Gasteiger partial charge in [-0.2, -0.15) is 0 Å². The molecule has 0 saturated heterocycles. The van der Waals surface area contributed by atoms with Gasteiger partial charge < -0.3 is 4.74 Å². The van der Waals surface area contributed by atoms with Crippen LogP contribution < -0.4 is 5.14 Å². The average molecular weight is 318 g/mol. The van der Waals surface area contributed by atoms with Gasteiger partial charge in [0.15, 0.2) is 0 Å². The van der Waals surface area contributed by atoms with Crippen molar-refractivity contribution in [2.75, 3.05) is 12.4 Å². The number of rotatable bonds is 6. The second-order valence-corrected chi connectivity index (χ2v) is 7.62. The Morgan fingerprint density at radius 1 is 1.25 bits per heavy atom. The van der Waals surface area contributed by atoms with E-state index in [-0.39, 0.29) is 11.2 Å². The maximum atomic E-state index is 11.4. The fourth-order valence-electron chi connectivity index (χ4n) is 2.88. The molecular weight excluding hydrogens is 298 g/mol. The first-order chi connectivity index (χ1) is 9.40. The van der Waals surface area contributed by atoms with E-state index >= 15 is 0 Å². The van der Waals surface area contributed by atoms with Gasteiger partial charge in [-0.05, 0) is 24.5 Å². The maximum absolute atomic E-state index is 11.4. The number of halogens is 1. The van der Waals surface area contributed by atoms with Gasteiger partial charge in [0.05, 0.1) is 19.0 Å². The summed E-state index contributed by atoms with van der Waals surface area (Å²) in [5.74, 6) is 0.00250. The predicted molar refractivity (Wildman–Crippen MR) is 80.0 cm³/mol. The molecule has 2 N–H and O–H groups in total. The summed E-state index contributed by atoms with van der Waals surface area (Å²) < 4.78 is 28.5. The Morgan fingerprint density at radius 3 is 2.50 bits per heavy atom. The van der Waals surface area contributed by atoms with Gasteiger partial charge in [0.25, 0.3) is 0 Å². The minimum atomic E-state index is -3.48. The van der Waals surface area contributed by atoms with E-state index in [9.17, 15) is 8.42 Å². The van der Waals surface area contributed by atoms with E-state index in [1.807, 2.05) is 24.3 Å². The van der Waals surface area contributed by atoms with E-state index in [0.717, 1.165) is 31.2 Å². The SMILES string of the molecule is NS(=O)(=O)CC1(COCc2ccccc2Cl)CCCC1. The normalized spacial score (nSPS) is 18.3. The summed E-state index contributed by atoms with van der Waals surface area (Å²) in [4.78, 5) is 0. The molecule has 0 heterocycles. The summed E-state index contributed by atoms with van der Waals surface area (Å²) in [6.07, 6.45) is 3.77. The summed E-state index contributed by atoms with van der Waals surface area (Å²) in [5, 5.41) is 5.87. The standard InChI is InChI=1S/C14H20ClNO3S/c15-13-6-2-1-5-12(13)9-19-10-14(7-3-4-8-14)11-20(16,17)18/h1-2,5-6H,3-4,7-11H2,(H2,16,17,18). The molecular formula is C14H20ClNO3S. The zero-order chi connectivity index (χ0) is 14.6. The number of hydrogen-bond donors (Lipinski definition) is 1. The average Bonchev–Trinajstić information content (AvgIpc) is 2.78. The van der Waals surface area contributed by atoms with Gasteiger partial charge >= 0.3 is 0 Å². The number of primary sulfonamides is 1. The molecule has 0 aliphatic heterocycles. The molecule has 1 aliphatic rings. The molecule has 6 heteroatoms. The lowest BCUT2D eigenvalue weighted by molar-refractivity contribution is 0.0473.